The molecule has 0 aliphatic carbocycles. The molecule has 2 heterocycles. The maximum atomic E-state index is 12.9. The number of amides is 1. The Kier molecular flexibility index (Phi) is 5.18. The molecule has 4 aromatic rings. The van der Waals surface area contributed by atoms with Crippen LogP contribution in [0.4, 0.5) is 5.69 Å². The van der Waals surface area contributed by atoms with Crippen LogP contribution in [0.5, 0.6) is 5.75 Å². The summed E-state index contributed by atoms with van der Waals surface area (Å²) in [6.07, 6.45) is 1.49. The predicted molar refractivity (Wildman–Crippen MR) is 119 cm³/mol. The summed E-state index contributed by atoms with van der Waals surface area (Å²) in [4.78, 5) is 17.4. The molecule has 6 nitrogen and oxygen atoms in total. The minimum atomic E-state index is -0.307. The summed E-state index contributed by atoms with van der Waals surface area (Å²) in [6.45, 7) is 5.81. The van der Waals surface area contributed by atoms with Crippen molar-refractivity contribution in [3.63, 3.8) is 0 Å². The number of aryl methyl sites for hydroxylation is 3. The van der Waals surface area contributed by atoms with E-state index in [4.69, 9.17) is 16.3 Å². The molecule has 0 atom stereocenters. The lowest BCUT2D eigenvalue weighted by Gasteiger charge is -2.11. The van der Waals surface area contributed by atoms with Gasteiger partial charge in [-0.3, -0.25) is 4.79 Å². The van der Waals surface area contributed by atoms with E-state index in [9.17, 15) is 4.79 Å². The fraction of sp³-hybridized carbons (Fsp3) is 0.174. The highest BCUT2D eigenvalue weighted by molar-refractivity contribution is 6.39. The van der Waals surface area contributed by atoms with Crippen molar-refractivity contribution in [2.24, 2.45) is 0 Å². The Hall–Kier alpha value is -3.38. The third-order valence-corrected chi connectivity index (χ3v) is 5.39. The molecule has 0 aliphatic heterocycles. The van der Waals surface area contributed by atoms with Crippen LogP contribution in [-0.4, -0.2) is 27.8 Å². The topological polar surface area (TPSA) is 69.0 Å². The highest BCUT2D eigenvalue weighted by Gasteiger charge is 2.20. The molecular weight excluding hydrogens is 400 g/mol. The van der Waals surface area contributed by atoms with E-state index < -0.39 is 0 Å². The summed E-state index contributed by atoms with van der Waals surface area (Å²) in [7, 11) is 1.62. The lowest BCUT2D eigenvalue weighted by Crippen LogP contribution is -2.14. The van der Waals surface area contributed by atoms with Crippen LogP contribution in [0, 0.1) is 20.8 Å². The largest absolute Gasteiger partial charge is 0.497 e. The number of hydrogen-bond donors (Lipinski definition) is 1. The van der Waals surface area contributed by atoms with Gasteiger partial charge in [-0.15, -0.1) is 0 Å². The molecule has 2 aromatic carbocycles. The van der Waals surface area contributed by atoms with E-state index in [0.29, 0.717) is 27.3 Å². The highest BCUT2D eigenvalue weighted by Crippen LogP contribution is 2.31. The molecule has 4 rings (SSSR count). The number of anilines is 1. The van der Waals surface area contributed by atoms with Gasteiger partial charge in [0.15, 0.2) is 5.65 Å². The number of carbonyl (C=O) groups is 1. The summed E-state index contributed by atoms with van der Waals surface area (Å²) in [5, 5.41) is 8.49. The Morgan fingerprint density at radius 1 is 1.10 bits per heavy atom. The smallest absolute Gasteiger partial charge is 0.258 e. The molecule has 0 aliphatic rings. The maximum absolute atomic E-state index is 12.9. The second-order valence-electron chi connectivity index (χ2n) is 7.15. The molecule has 1 amide bonds. The van der Waals surface area contributed by atoms with Crippen molar-refractivity contribution < 1.29 is 9.53 Å². The van der Waals surface area contributed by atoms with Crippen molar-refractivity contribution in [1.29, 1.82) is 0 Å². The second kappa shape index (κ2) is 7.80. The third-order valence-electron chi connectivity index (χ3n) is 5.00. The molecule has 0 unspecified atom stereocenters. The molecule has 1 N–H and O–H groups in total. The van der Waals surface area contributed by atoms with Crippen LogP contribution in [0.3, 0.4) is 0 Å². The second-order valence-corrected chi connectivity index (χ2v) is 7.53. The van der Waals surface area contributed by atoms with Crippen molar-refractivity contribution in [3.05, 3.63) is 76.1 Å². The minimum absolute atomic E-state index is 0.307. The monoisotopic (exact) mass is 420 g/mol. The summed E-state index contributed by atoms with van der Waals surface area (Å²) in [5.41, 5.74) is 5.27. The lowest BCUT2D eigenvalue weighted by molar-refractivity contribution is 0.102. The van der Waals surface area contributed by atoms with Crippen LogP contribution in [0.2, 0.25) is 5.02 Å². The number of nitrogens with one attached hydrogen (secondary N) is 1. The summed E-state index contributed by atoms with van der Waals surface area (Å²) in [5.74, 6) is 0.446. The number of benzene rings is 2. The number of hydrogen-bond acceptors (Lipinski definition) is 4. The van der Waals surface area contributed by atoms with E-state index in [1.807, 2.05) is 63.2 Å². The standard InChI is InChI=1S/C23H21ClN4O2/c1-13-5-10-19(14(2)11-13)26-23(29)18-12-25-22-20(21(18)24)15(3)27-28(22)16-6-8-17(30-4)9-7-16/h5-12H,1-4H3,(H,26,29). The average Bonchev–Trinajstić information content (AvgIpc) is 3.07. The van der Waals surface area contributed by atoms with Gasteiger partial charge in [-0.25, -0.2) is 9.67 Å². The van der Waals surface area contributed by atoms with Gasteiger partial charge in [0.25, 0.3) is 5.91 Å². The van der Waals surface area contributed by atoms with E-state index in [-0.39, 0.29) is 5.91 Å². The number of carbonyl (C=O) groups excluding carboxylic acids is 1. The van der Waals surface area contributed by atoms with Gasteiger partial charge in [-0.1, -0.05) is 29.3 Å². The molecule has 2 aromatic heterocycles. The Morgan fingerprint density at radius 2 is 1.83 bits per heavy atom. The van der Waals surface area contributed by atoms with E-state index >= 15 is 0 Å². The van der Waals surface area contributed by atoms with E-state index in [0.717, 1.165) is 28.3 Å². The first-order valence-electron chi connectivity index (χ1n) is 9.46. The van der Waals surface area contributed by atoms with Gasteiger partial charge in [-0.05, 0) is 56.7 Å². The third kappa shape index (κ3) is 3.50. The van der Waals surface area contributed by atoms with Gasteiger partial charge < -0.3 is 10.1 Å². The number of pyridine rings is 1. The molecule has 0 saturated heterocycles. The maximum Gasteiger partial charge on any atom is 0.258 e. The van der Waals surface area contributed by atoms with E-state index in [1.165, 1.54) is 6.20 Å². The Morgan fingerprint density at radius 3 is 2.50 bits per heavy atom. The number of ether oxygens (including phenoxy) is 1. The molecule has 0 bridgehead atoms. The van der Waals surface area contributed by atoms with Crippen LogP contribution in [0.15, 0.2) is 48.7 Å². The van der Waals surface area contributed by atoms with E-state index in [2.05, 4.69) is 15.4 Å². The number of nitrogens with zero attached hydrogens (tertiary/aromatic N) is 3. The first kappa shape index (κ1) is 19.9. The SMILES string of the molecule is COc1ccc(-n2nc(C)c3c(Cl)c(C(=O)Nc4ccc(C)cc4C)cnc32)cc1. The zero-order valence-corrected chi connectivity index (χ0v) is 17.9. The van der Waals surface area contributed by atoms with Gasteiger partial charge in [-0.2, -0.15) is 5.10 Å². The summed E-state index contributed by atoms with van der Waals surface area (Å²) in [6, 6.07) is 13.3. The summed E-state index contributed by atoms with van der Waals surface area (Å²) < 4.78 is 6.92. The minimum Gasteiger partial charge on any atom is -0.497 e. The predicted octanol–water partition coefficient (Wildman–Crippen LogP) is 5.26. The molecule has 152 valence electrons. The summed E-state index contributed by atoms with van der Waals surface area (Å²) >= 11 is 6.65. The first-order valence-corrected chi connectivity index (χ1v) is 9.83. The van der Waals surface area contributed by atoms with Crippen molar-refractivity contribution in [3.8, 4) is 11.4 Å². The van der Waals surface area contributed by atoms with Crippen molar-refractivity contribution >= 4 is 34.2 Å². The van der Waals surface area contributed by atoms with Crippen LogP contribution >= 0.6 is 11.6 Å². The number of methoxy groups -OCH3 is 1. The quantitative estimate of drug-likeness (QED) is 0.489. The average molecular weight is 421 g/mol. The van der Waals surface area contributed by atoms with Crippen molar-refractivity contribution in [2.75, 3.05) is 12.4 Å². The van der Waals surface area contributed by atoms with Crippen LogP contribution in [-0.2, 0) is 0 Å². The zero-order chi connectivity index (χ0) is 21.4. The highest BCUT2D eigenvalue weighted by atomic mass is 35.5. The Bertz CT molecular complexity index is 1260. The van der Waals surface area contributed by atoms with Crippen LogP contribution in [0.25, 0.3) is 16.7 Å². The van der Waals surface area contributed by atoms with Crippen molar-refractivity contribution in [1.82, 2.24) is 14.8 Å². The van der Waals surface area contributed by atoms with E-state index in [1.54, 1.807) is 11.8 Å². The normalized spacial score (nSPS) is 11.0. The first-order chi connectivity index (χ1) is 14.4. The van der Waals surface area contributed by atoms with Gasteiger partial charge in [0.1, 0.15) is 5.75 Å². The fourth-order valence-corrected chi connectivity index (χ4v) is 3.77. The lowest BCUT2D eigenvalue weighted by atomic mass is 10.1. The zero-order valence-electron chi connectivity index (χ0n) is 17.2. The van der Waals surface area contributed by atoms with Gasteiger partial charge in [0.05, 0.1) is 34.5 Å². The number of aromatic nitrogens is 3. The molecule has 0 fully saturated rings. The fourth-order valence-electron chi connectivity index (χ4n) is 3.41. The van der Waals surface area contributed by atoms with Gasteiger partial charge >= 0.3 is 0 Å². The Balaban J connectivity index is 1.73. The Labute approximate surface area is 179 Å². The number of halogens is 1. The number of fused-ring (bicyclic) bond motifs is 1. The molecule has 0 spiro atoms. The van der Waals surface area contributed by atoms with Crippen LogP contribution in [0.1, 0.15) is 27.2 Å². The van der Waals surface area contributed by atoms with Crippen LogP contribution < -0.4 is 10.1 Å². The number of rotatable bonds is 4. The molecule has 30 heavy (non-hydrogen) atoms. The van der Waals surface area contributed by atoms with Gasteiger partial charge in [0, 0.05) is 11.9 Å². The van der Waals surface area contributed by atoms with Crippen molar-refractivity contribution in [2.45, 2.75) is 20.8 Å². The molecule has 0 saturated carbocycles. The van der Waals surface area contributed by atoms with Gasteiger partial charge in [0.2, 0.25) is 0 Å². The molecular formula is C23H21ClN4O2. The molecule has 0 radical (unpaired) electrons. The molecule has 7 heteroatoms.